The van der Waals surface area contributed by atoms with E-state index < -0.39 is 23.8 Å². The number of rotatable bonds is 3. The first-order chi connectivity index (χ1) is 10.9. The Morgan fingerprint density at radius 3 is 2.57 bits per heavy atom. The van der Waals surface area contributed by atoms with Crippen molar-refractivity contribution in [3.05, 3.63) is 46.1 Å². The summed E-state index contributed by atoms with van der Waals surface area (Å²) in [6, 6.07) is 6.72. The molecule has 23 heavy (non-hydrogen) atoms. The van der Waals surface area contributed by atoms with E-state index in [0.29, 0.717) is 16.3 Å². The molecule has 2 rings (SSSR count). The van der Waals surface area contributed by atoms with Crippen molar-refractivity contribution >= 4 is 29.3 Å². The van der Waals surface area contributed by atoms with E-state index in [2.05, 4.69) is 10.9 Å². The lowest BCUT2D eigenvalue weighted by molar-refractivity contribution is -0.140. The minimum Gasteiger partial charge on any atom is -0.481 e. The van der Waals surface area contributed by atoms with Gasteiger partial charge in [-0.05, 0) is 24.5 Å². The number of halogens is 1. The molecular weight excluding hydrogens is 318 g/mol. The van der Waals surface area contributed by atoms with Crippen LogP contribution in [0.2, 0.25) is 5.02 Å². The molecule has 0 bridgehead atoms. The summed E-state index contributed by atoms with van der Waals surface area (Å²) in [4.78, 5) is 28.1. The van der Waals surface area contributed by atoms with Crippen LogP contribution in [-0.2, 0) is 14.3 Å². The van der Waals surface area contributed by atoms with E-state index in [1.807, 2.05) is 0 Å². The van der Waals surface area contributed by atoms with Crippen LogP contribution in [0, 0.1) is 18.3 Å². The van der Waals surface area contributed by atoms with Crippen LogP contribution in [0.15, 0.2) is 40.5 Å². The number of carboxylic acid groups (broad SMARTS) is 1. The molecule has 0 aliphatic carbocycles. The number of aliphatic imine (C=N–C) groups is 1. The summed E-state index contributed by atoms with van der Waals surface area (Å²) in [7, 11) is 1.20. The number of carbonyl (C=O) groups excluding carboxylic acids is 1. The third-order valence-electron chi connectivity index (χ3n) is 3.69. The summed E-state index contributed by atoms with van der Waals surface area (Å²) in [5.74, 6) is -1.42. The average Bonchev–Trinajstić information content (AvgIpc) is 2.53. The molecule has 0 aromatic heterocycles. The molecule has 0 fully saturated rings. The van der Waals surface area contributed by atoms with Crippen LogP contribution in [0.4, 0.5) is 0 Å². The fraction of sp³-hybridized carbons (Fsp3) is 0.235. The predicted molar refractivity (Wildman–Crippen MR) is 86.3 cm³/mol. The Morgan fingerprint density at radius 2 is 2.04 bits per heavy atom. The largest absolute Gasteiger partial charge is 0.481 e. The lowest BCUT2D eigenvalue weighted by atomic mass is 9.75. The second-order valence-corrected chi connectivity index (χ2v) is 5.37. The van der Waals surface area contributed by atoms with Gasteiger partial charge in [0.1, 0.15) is 11.6 Å². The van der Waals surface area contributed by atoms with Crippen molar-refractivity contribution in [2.24, 2.45) is 10.9 Å². The fourth-order valence-electron chi connectivity index (χ4n) is 2.69. The Kier molecular flexibility index (Phi) is 4.87. The molecule has 118 valence electrons. The Labute approximate surface area is 138 Å². The van der Waals surface area contributed by atoms with Crippen LogP contribution in [0.5, 0.6) is 0 Å². The lowest BCUT2D eigenvalue weighted by Crippen LogP contribution is -2.35. The lowest BCUT2D eigenvalue weighted by Gasteiger charge is -2.30. The molecule has 0 amide bonds. The van der Waals surface area contributed by atoms with Crippen molar-refractivity contribution in [2.75, 3.05) is 7.11 Å². The zero-order valence-corrected chi connectivity index (χ0v) is 13.3. The van der Waals surface area contributed by atoms with Gasteiger partial charge in [0.15, 0.2) is 0 Å². The van der Waals surface area contributed by atoms with Crippen molar-refractivity contribution < 1.29 is 19.4 Å². The van der Waals surface area contributed by atoms with E-state index in [1.54, 1.807) is 31.2 Å². The number of aliphatic carboxylic acids is 1. The number of methoxy groups -OCH3 is 1. The molecule has 0 saturated carbocycles. The highest BCUT2D eigenvalue weighted by Gasteiger charge is 2.42. The standard InChI is InChI=1S/C17H14ClNO4/c1-4-12-15(17(22)23-3)14(10-7-5-6-8-11(10)18)13(16(20)21)9(2)19-12/h1,5-8,13-14H,2-3H3,(H,20,21). The summed E-state index contributed by atoms with van der Waals surface area (Å²) >= 11 is 6.22. The van der Waals surface area contributed by atoms with Crippen LogP contribution in [0.3, 0.4) is 0 Å². The van der Waals surface area contributed by atoms with E-state index in [-0.39, 0.29) is 11.3 Å². The number of ether oxygens (including phenoxy) is 1. The molecule has 1 aliphatic heterocycles. The quantitative estimate of drug-likeness (QED) is 0.682. The van der Waals surface area contributed by atoms with Gasteiger partial charge < -0.3 is 9.84 Å². The number of carboxylic acids is 1. The zero-order chi connectivity index (χ0) is 17.1. The zero-order valence-electron chi connectivity index (χ0n) is 12.5. The first kappa shape index (κ1) is 16.8. The normalized spacial score (nSPS) is 20.5. The highest BCUT2D eigenvalue weighted by Crippen LogP contribution is 2.41. The molecule has 1 heterocycles. The van der Waals surface area contributed by atoms with E-state index >= 15 is 0 Å². The molecule has 0 saturated heterocycles. The van der Waals surface area contributed by atoms with E-state index in [1.165, 1.54) is 7.11 Å². The number of hydrogen-bond acceptors (Lipinski definition) is 4. The van der Waals surface area contributed by atoms with Gasteiger partial charge in [-0.3, -0.25) is 4.79 Å². The highest BCUT2D eigenvalue weighted by molar-refractivity contribution is 6.31. The maximum Gasteiger partial charge on any atom is 0.337 e. The molecule has 0 spiro atoms. The number of nitrogens with zero attached hydrogens (tertiary/aromatic N) is 1. The van der Waals surface area contributed by atoms with Crippen molar-refractivity contribution in [1.29, 1.82) is 0 Å². The van der Waals surface area contributed by atoms with E-state index in [4.69, 9.17) is 22.8 Å². The van der Waals surface area contributed by atoms with E-state index in [0.717, 1.165) is 0 Å². The van der Waals surface area contributed by atoms with Crippen LogP contribution >= 0.6 is 11.6 Å². The number of terminal acetylenes is 1. The minimum atomic E-state index is -1.12. The van der Waals surface area contributed by atoms with Gasteiger partial charge in [0.25, 0.3) is 0 Å². The Hall–Kier alpha value is -2.58. The SMILES string of the molecule is C#CC1=C(C(=O)OC)C(c2ccccc2Cl)C(C(=O)O)C(C)=N1. The van der Waals surface area contributed by atoms with Gasteiger partial charge in [0, 0.05) is 16.7 Å². The van der Waals surface area contributed by atoms with Gasteiger partial charge in [-0.1, -0.05) is 29.8 Å². The van der Waals surface area contributed by atoms with Gasteiger partial charge in [-0.15, -0.1) is 6.42 Å². The minimum absolute atomic E-state index is 0.0288. The smallest absolute Gasteiger partial charge is 0.337 e. The Morgan fingerprint density at radius 1 is 1.39 bits per heavy atom. The maximum atomic E-state index is 12.2. The molecule has 1 aromatic carbocycles. The second-order valence-electron chi connectivity index (χ2n) is 4.97. The average molecular weight is 332 g/mol. The number of esters is 1. The van der Waals surface area contributed by atoms with Gasteiger partial charge >= 0.3 is 11.9 Å². The summed E-state index contributed by atoms with van der Waals surface area (Å²) in [6.45, 7) is 1.56. The van der Waals surface area contributed by atoms with Gasteiger partial charge in [-0.25, -0.2) is 9.79 Å². The maximum absolute atomic E-state index is 12.2. The van der Waals surface area contributed by atoms with Gasteiger partial charge in [0.05, 0.1) is 12.7 Å². The molecule has 1 N–H and O–H groups in total. The number of hydrogen-bond donors (Lipinski definition) is 1. The molecule has 5 nitrogen and oxygen atoms in total. The Balaban J connectivity index is 2.79. The molecule has 1 aromatic rings. The highest BCUT2D eigenvalue weighted by atomic mass is 35.5. The van der Waals surface area contributed by atoms with E-state index in [9.17, 15) is 14.7 Å². The first-order valence-electron chi connectivity index (χ1n) is 6.73. The predicted octanol–water partition coefficient (Wildman–Crippen LogP) is 2.66. The Bertz CT molecular complexity index is 773. The monoisotopic (exact) mass is 331 g/mol. The summed E-state index contributed by atoms with van der Waals surface area (Å²) in [5, 5.41) is 9.96. The molecule has 0 radical (unpaired) electrons. The van der Waals surface area contributed by atoms with Gasteiger partial charge in [0.2, 0.25) is 0 Å². The third kappa shape index (κ3) is 2.99. The summed E-state index contributed by atoms with van der Waals surface area (Å²) in [5.41, 5.74) is 0.893. The second kappa shape index (κ2) is 6.67. The van der Waals surface area contributed by atoms with Crippen molar-refractivity contribution in [3.8, 4) is 12.3 Å². The van der Waals surface area contributed by atoms with Crippen molar-refractivity contribution in [1.82, 2.24) is 0 Å². The first-order valence-corrected chi connectivity index (χ1v) is 7.11. The number of allylic oxidation sites excluding steroid dienone is 1. The van der Waals surface area contributed by atoms with Crippen LogP contribution in [-0.4, -0.2) is 29.9 Å². The molecule has 6 heteroatoms. The topological polar surface area (TPSA) is 76.0 Å². The van der Waals surface area contributed by atoms with Crippen LogP contribution < -0.4 is 0 Å². The summed E-state index contributed by atoms with van der Waals surface area (Å²) in [6.07, 6.45) is 5.45. The molecule has 2 unspecified atom stereocenters. The number of benzene rings is 1. The van der Waals surface area contributed by atoms with Gasteiger partial charge in [-0.2, -0.15) is 0 Å². The van der Waals surface area contributed by atoms with Crippen molar-refractivity contribution in [3.63, 3.8) is 0 Å². The molecule has 2 atom stereocenters. The van der Waals surface area contributed by atoms with Crippen molar-refractivity contribution in [2.45, 2.75) is 12.8 Å². The molecular formula is C17H14ClNO4. The van der Waals surface area contributed by atoms with Crippen LogP contribution in [0.1, 0.15) is 18.4 Å². The fourth-order valence-corrected chi connectivity index (χ4v) is 2.94. The van der Waals surface area contributed by atoms with Crippen LogP contribution in [0.25, 0.3) is 0 Å². The number of carbonyl (C=O) groups is 2. The third-order valence-corrected chi connectivity index (χ3v) is 4.03. The molecule has 1 aliphatic rings. The summed E-state index contributed by atoms with van der Waals surface area (Å²) < 4.78 is 4.78.